The zero-order valence-electron chi connectivity index (χ0n) is 15.9. The molecule has 0 spiro atoms. The molecular weight excluding hydrogens is 364 g/mol. The van der Waals surface area contributed by atoms with E-state index in [1.807, 2.05) is 73.7 Å². The number of anilines is 1. The third-order valence-corrected chi connectivity index (χ3v) is 4.68. The van der Waals surface area contributed by atoms with Gasteiger partial charge in [-0.25, -0.2) is 9.59 Å². The van der Waals surface area contributed by atoms with E-state index in [4.69, 9.17) is 0 Å². The number of fused-ring (bicyclic) bond motifs is 1. The molecule has 1 atom stereocenters. The van der Waals surface area contributed by atoms with E-state index in [0.29, 0.717) is 23.8 Å². The van der Waals surface area contributed by atoms with Crippen molar-refractivity contribution in [2.45, 2.75) is 13.5 Å². The molecular formula is C23H20N4O2. The molecule has 4 amide bonds. The highest BCUT2D eigenvalue weighted by molar-refractivity contribution is 6.24. The van der Waals surface area contributed by atoms with Gasteiger partial charge in [0.15, 0.2) is 0 Å². The predicted molar refractivity (Wildman–Crippen MR) is 114 cm³/mol. The number of rotatable bonds is 3. The molecule has 1 heterocycles. The second-order valence-electron chi connectivity index (χ2n) is 6.88. The van der Waals surface area contributed by atoms with Gasteiger partial charge in [0.05, 0.1) is 18.2 Å². The molecule has 1 unspecified atom stereocenters. The minimum atomic E-state index is -0.527. The number of amides is 4. The summed E-state index contributed by atoms with van der Waals surface area (Å²) in [5, 5.41) is 2.78. The Labute approximate surface area is 169 Å². The van der Waals surface area contributed by atoms with Crippen LogP contribution in [0.3, 0.4) is 0 Å². The molecule has 2 aromatic rings. The first kappa shape index (κ1) is 18.6. The Hall–Kier alpha value is -3.80. The summed E-state index contributed by atoms with van der Waals surface area (Å²) in [5.41, 5.74) is 3.21. The number of carbonyl (C=O) groups is 2. The molecule has 2 aromatic carbocycles. The fourth-order valence-corrected chi connectivity index (χ4v) is 3.32. The topological polar surface area (TPSA) is 74.1 Å². The zero-order chi connectivity index (χ0) is 20.2. The Bertz CT molecular complexity index is 1070. The van der Waals surface area contributed by atoms with Crippen molar-refractivity contribution in [2.24, 2.45) is 15.9 Å². The van der Waals surface area contributed by atoms with Crippen LogP contribution in [-0.4, -0.2) is 28.5 Å². The number of nitrogens with one attached hydrogen (secondary N) is 1. The van der Waals surface area contributed by atoms with Crippen LogP contribution in [0.4, 0.5) is 15.3 Å². The number of amidine groups is 1. The summed E-state index contributed by atoms with van der Waals surface area (Å²) in [6, 6.07) is 16.1. The maximum absolute atomic E-state index is 12.7. The van der Waals surface area contributed by atoms with Gasteiger partial charge in [-0.2, -0.15) is 9.98 Å². The molecule has 29 heavy (non-hydrogen) atoms. The third kappa shape index (κ3) is 4.21. The summed E-state index contributed by atoms with van der Waals surface area (Å²) in [6.45, 7) is 2.24. The van der Waals surface area contributed by atoms with Crippen LogP contribution in [0.15, 0.2) is 88.9 Å². The molecule has 144 valence electrons. The Kier molecular flexibility index (Phi) is 5.16. The van der Waals surface area contributed by atoms with Gasteiger partial charge >= 0.3 is 12.1 Å². The van der Waals surface area contributed by atoms with E-state index in [1.54, 1.807) is 12.1 Å². The van der Waals surface area contributed by atoms with Crippen LogP contribution >= 0.6 is 0 Å². The van der Waals surface area contributed by atoms with Gasteiger partial charge in [-0.1, -0.05) is 60.7 Å². The molecule has 0 saturated heterocycles. The van der Waals surface area contributed by atoms with E-state index in [1.165, 1.54) is 4.90 Å². The molecule has 0 aromatic heterocycles. The van der Waals surface area contributed by atoms with Gasteiger partial charge in [0.25, 0.3) is 0 Å². The van der Waals surface area contributed by atoms with Crippen LogP contribution in [0.2, 0.25) is 0 Å². The van der Waals surface area contributed by atoms with Gasteiger partial charge in [-0.15, -0.1) is 0 Å². The van der Waals surface area contributed by atoms with E-state index in [0.717, 1.165) is 11.1 Å². The largest absolute Gasteiger partial charge is 0.349 e. The van der Waals surface area contributed by atoms with Crippen LogP contribution in [-0.2, 0) is 6.54 Å². The lowest BCUT2D eigenvalue weighted by molar-refractivity contribution is 0.226. The van der Waals surface area contributed by atoms with E-state index < -0.39 is 12.1 Å². The lowest BCUT2D eigenvalue weighted by Crippen LogP contribution is -2.46. The third-order valence-electron chi connectivity index (χ3n) is 4.68. The minimum Gasteiger partial charge on any atom is -0.306 e. The Morgan fingerprint density at radius 2 is 1.97 bits per heavy atom. The molecule has 1 N–H and O–H groups in total. The van der Waals surface area contributed by atoms with Crippen molar-refractivity contribution >= 4 is 29.3 Å². The number of allylic oxidation sites excluding steroid dienone is 3. The number of urea groups is 2. The minimum absolute atomic E-state index is 0.293. The monoisotopic (exact) mass is 384 g/mol. The quantitative estimate of drug-likeness (QED) is 0.830. The Morgan fingerprint density at radius 1 is 1.14 bits per heavy atom. The summed E-state index contributed by atoms with van der Waals surface area (Å²) in [5.74, 6) is 0.0271. The predicted octanol–water partition coefficient (Wildman–Crippen LogP) is 4.74. The number of hydrogen-bond acceptors (Lipinski definition) is 2. The number of benzene rings is 2. The molecule has 1 aliphatic carbocycles. The van der Waals surface area contributed by atoms with Crippen molar-refractivity contribution in [2.75, 3.05) is 5.32 Å². The molecule has 1 aliphatic heterocycles. The van der Waals surface area contributed by atoms with Crippen molar-refractivity contribution in [3.05, 3.63) is 90.0 Å². The van der Waals surface area contributed by atoms with Crippen molar-refractivity contribution in [3.8, 4) is 0 Å². The molecule has 6 nitrogen and oxygen atoms in total. The number of aryl methyl sites for hydroxylation is 1. The lowest BCUT2D eigenvalue weighted by Gasteiger charge is -2.31. The van der Waals surface area contributed by atoms with Gasteiger partial charge in [-0.3, -0.25) is 4.90 Å². The lowest BCUT2D eigenvalue weighted by atomic mass is 9.94. The summed E-state index contributed by atoms with van der Waals surface area (Å²) in [6.07, 6.45) is 7.35. The fourth-order valence-electron chi connectivity index (χ4n) is 3.32. The number of nitrogens with zero attached hydrogens (tertiary/aromatic N) is 3. The van der Waals surface area contributed by atoms with E-state index in [9.17, 15) is 9.59 Å². The normalized spacial score (nSPS) is 19.1. The molecule has 0 bridgehead atoms. The van der Waals surface area contributed by atoms with E-state index >= 15 is 0 Å². The molecule has 4 rings (SSSR count). The average Bonchev–Trinajstić information content (AvgIpc) is 2.71. The Balaban J connectivity index is 1.67. The first-order chi connectivity index (χ1) is 14.1. The summed E-state index contributed by atoms with van der Waals surface area (Å²) in [4.78, 5) is 35.3. The Morgan fingerprint density at radius 3 is 2.76 bits per heavy atom. The smallest absolute Gasteiger partial charge is 0.306 e. The highest BCUT2D eigenvalue weighted by Gasteiger charge is 2.34. The molecule has 2 aliphatic rings. The first-order valence-corrected chi connectivity index (χ1v) is 9.35. The molecule has 0 saturated carbocycles. The summed E-state index contributed by atoms with van der Waals surface area (Å²) in [7, 11) is 0. The maximum Gasteiger partial charge on any atom is 0.349 e. The van der Waals surface area contributed by atoms with E-state index in [-0.39, 0.29) is 5.92 Å². The van der Waals surface area contributed by atoms with Crippen LogP contribution in [0.25, 0.3) is 0 Å². The van der Waals surface area contributed by atoms with Crippen molar-refractivity contribution in [3.63, 3.8) is 0 Å². The van der Waals surface area contributed by atoms with Crippen molar-refractivity contribution in [1.29, 1.82) is 0 Å². The SMILES string of the molecule is Cc1cccc(NC(=O)/N=C2\C3C=CC=CC3=NC(=O)N2Cc2ccccc2)c1. The van der Waals surface area contributed by atoms with Crippen LogP contribution in [0.1, 0.15) is 11.1 Å². The molecule has 6 heteroatoms. The van der Waals surface area contributed by atoms with Crippen molar-refractivity contribution < 1.29 is 9.59 Å². The fraction of sp³-hybridized carbons (Fsp3) is 0.130. The molecule has 0 fully saturated rings. The highest BCUT2D eigenvalue weighted by atomic mass is 16.2. The number of aliphatic imine (C=N–C) groups is 2. The van der Waals surface area contributed by atoms with E-state index in [2.05, 4.69) is 15.3 Å². The number of hydrogen-bond donors (Lipinski definition) is 1. The summed E-state index contributed by atoms with van der Waals surface area (Å²) >= 11 is 0. The van der Waals surface area contributed by atoms with Crippen LogP contribution in [0.5, 0.6) is 0 Å². The average molecular weight is 384 g/mol. The van der Waals surface area contributed by atoms with Crippen LogP contribution in [0, 0.1) is 12.8 Å². The van der Waals surface area contributed by atoms with Crippen molar-refractivity contribution in [1.82, 2.24) is 4.90 Å². The maximum atomic E-state index is 12.7. The second-order valence-corrected chi connectivity index (χ2v) is 6.88. The zero-order valence-corrected chi connectivity index (χ0v) is 15.9. The van der Waals surface area contributed by atoms with Gasteiger partial charge < -0.3 is 5.32 Å². The second kappa shape index (κ2) is 8.06. The highest BCUT2D eigenvalue weighted by Crippen LogP contribution is 2.23. The van der Waals surface area contributed by atoms with Gasteiger partial charge in [0.2, 0.25) is 0 Å². The van der Waals surface area contributed by atoms with Gasteiger partial charge in [0, 0.05) is 5.69 Å². The standard InChI is InChI=1S/C23H20N4O2/c1-16-8-7-11-18(14-16)24-22(28)26-21-19-12-5-6-13-20(19)25-23(29)27(21)15-17-9-3-2-4-10-17/h2-14,19H,15H2,1H3,(H,24,28)/b26-21+. The van der Waals surface area contributed by atoms with Gasteiger partial charge in [0.1, 0.15) is 5.84 Å². The first-order valence-electron chi connectivity index (χ1n) is 9.35. The van der Waals surface area contributed by atoms with Crippen LogP contribution < -0.4 is 5.32 Å². The number of carbonyl (C=O) groups excluding carboxylic acids is 2. The summed E-state index contributed by atoms with van der Waals surface area (Å²) < 4.78 is 0. The van der Waals surface area contributed by atoms with Gasteiger partial charge in [-0.05, 0) is 36.3 Å². The molecule has 0 radical (unpaired) electrons.